The molecule has 7 nitrogen and oxygen atoms in total. The van der Waals surface area contributed by atoms with Gasteiger partial charge in [0.15, 0.2) is 11.0 Å². The Morgan fingerprint density at radius 2 is 1.76 bits per heavy atom. The summed E-state index contributed by atoms with van der Waals surface area (Å²) in [6.07, 6.45) is 0. The summed E-state index contributed by atoms with van der Waals surface area (Å²) in [5.41, 5.74) is 10.0. The van der Waals surface area contributed by atoms with Gasteiger partial charge in [-0.1, -0.05) is 47.6 Å². The number of aromatic nitrogens is 3. The molecule has 9 heteroatoms. The van der Waals surface area contributed by atoms with E-state index < -0.39 is 5.91 Å². The number of primary amides is 1. The Balaban J connectivity index is 1.62. The molecule has 4 aromatic rings. The lowest BCUT2D eigenvalue weighted by Crippen LogP contribution is -2.15. The van der Waals surface area contributed by atoms with E-state index in [9.17, 15) is 9.59 Å². The molecule has 1 heterocycles. The molecule has 3 N–H and O–H groups in total. The Morgan fingerprint density at radius 1 is 1.03 bits per heavy atom. The van der Waals surface area contributed by atoms with Gasteiger partial charge in [-0.25, -0.2) is 0 Å². The number of anilines is 1. The van der Waals surface area contributed by atoms with Crippen molar-refractivity contribution in [3.05, 3.63) is 88.4 Å². The molecule has 0 aliphatic carbocycles. The quantitative estimate of drug-likeness (QED) is 0.353. The molecular weight excluding hydrogens is 470 g/mol. The van der Waals surface area contributed by atoms with Crippen LogP contribution < -0.4 is 11.1 Å². The molecule has 0 atom stereocenters. The zero-order valence-electron chi connectivity index (χ0n) is 18.6. The van der Waals surface area contributed by atoms with Crippen LogP contribution >= 0.6 is 23.4 Å². The summed E-state index contributed by atoms with van der Waals surface area (Å²) in [6.45, 7) is 4.04. The first-order valence-corrected chi connectivity index (χ1v) is 11.8. The zero-order valence-corrected chi connectivity index (χ0v) is 20.2. The molecule has 34 heavy (non-hydrogen) atoms. The zero-order chi connectivity index (χ0) is 24.2. The van der Waals surface area contributed by atoms with Gasteiger partial charge >= 0.3 is 0 Å². The molecule has 1 aromatic heterocycles. The smallest absolute Gasteiger partial charge is 0.248 e. The van der Waals surface area contributed by atoms with Crippen molar-refractivity contribution in [2.24, 2.45) is 5.73 Å². The number of thioether (sulfide) groups is 1. The molecule has 0 aliphatic heterocycles. The highest BCUT2D eigenvalue weighted by atomic mass is 35.5. The van der Waals surface area contributed by atoms with Crippen molar-refractivity contribution in [3.8, 4) is 17.1 Å². The Labute approximate surface area is 206 Å². The van der Waals surface area contributed by atoms with E-state index in [2.05, 4.69) is 21.6 Å². The van der Waals surface area contributed by atoms with Crippen LogP contribution in [-0.2, 0) is 4.79 Å². The fourth-order valence-corrected chi connectivity index (χ4v) is 4.37. The van der Waals surface area contributed by atoms with Crippen LogP contribution in [0.25, 0.3) is 17.1 Å². The molecule has 0 fully saturated rings. The SMILES string of the molecule is Cc1ccc(C)c(-n2c(SCC(=O)Nc3ccc(C(N)=O)cc3)nnc2-c2ccccc2Cl)c1. The summed E-state index contributed by atoms with van der Waals surface area (Å²) in [6, 6.07) is 20.0. The molecule has 0 aliphatic rings. The first kappa shape index (κ1) is 23.5. The predicted molar refractivity (Wildman–Crippen MR) is 136 cm³/mol. The van der Waals surface area contributed by atoms with Crippen molar-refractivity contribution in [1.82, 2.24) is 14.8 Å². The first-order chi connectivity index (χ1) is 16.3. The van der Waals surface area contributed by atoms with Crippen molar-refractivity contribution in [1.29, 1.82) is 0 Å². The molecule has 0 unspecified atom stereocenters. The lowest BCUT2D eigenvalue weighted by molar-refractivity contribution is -0.113. The van der Waals surface area contributed by atoms with Crippen LogP contribution in [0.15, 0.2) is 71.9 Å². The number of halogens is 1. The Kier molecular flexibility index (Phi) is 7.00. The number of nitrogens with zero attached hydrogens (tertiary/aromatic N) is 3. The highest BCUT2D eigenvalue weighted by molar-refractivity contribution is 7.99. The topological polar surface area (TPSA) is 103 Å². The Bertz CT molecular complexity index is 1370. The third kappa shape index (κ3) is 5.13. The minimum atomic E-state index is -0.520. The number of rotatable bonds is 7. The van der Waals surface area contributed by atoms with Gasteiger partial charge in [0.25, 0.3) is 0 Å². The van der Waals surface area contributed by atoms with Gasteiger partial charge in [0.1, 0.15) is 0 Å². The standard InChI is InChI=1S/C25H22ClN5O2S/c1-15-7-8-16(2)21(13-15)31-24(19-5-3-4-6-20(19)26)29-30-25(31)34-14-22(32)28-18-11-9-17(10-12-18)23(27)33/h3-13H,14H2,1-2H3,(H2,27,33)(H,28,32). The number of aryl methyl sites for hydroxylation is 2. The van der Waals surface area contributed by atoms with Gasteiger partial charge in [0, 0.05) is 16.8 Å². The molecule has 0 bridgehead atoms. The van der Waals surface area contributed by atoms with Gasteiger partial charge in [-0.05, 0) is 67.4 Å². The van der Waals surface area contributed by atoms with Crippen LogP contribution in [0.3, 0.4) is 0 Å². The van der Waals surface area contributed by atoms with Crippen molar-refractivity contribution in [2.75, 3.05) is 11.1 Å². The fraction of sp³-hybridized carbons (Fsp3) is 0.120. The number of carbonyl (C=O) groups is 2. The van der Waals surface area contributed by atoms with Crippen LogP contribution in [0.2, 0.25) is 5.02 Å². The van der Waals surface area contributed by atoms with Crippen LogP contribution in [0.4, 0.5) is 5.69 Å². The molecule has 0 spiro atoms. The maximum absolute atomic E-state index is 12.6. The van der Waals surface area contributed by atoms with Gasteiger partial charge in [0.05, 0.1) is 16.5 Å². The second-order valence-electron chi connectivity index (χ2n) is 7.69. The van der Waals surface area contributed by atoms with Crippen LogP contribution in [-0.4, -0.2) is 32.3 Å². The molecule has 2 amide bonds. The number of amides is 2. The molecule has 4 rings (SSSR count). The van der Waals surface area contributed by atoms with E-state index in [-0.39, 0.29) is 11.7 Å². The molecule has 0 radical (unpaired) electrons. The van der Waals surface area contributed by atoms with E-state index >= 15 is 0 Å². The summed E-state index contributed by atoms with van der Waals surface area (Å²) < 4.78 is 1.93. The lowest BCUT2D eigenvalue weighted by atomic mass is 10.1. The number of nitrogens with one attached hydrogen (secondary N) is 1. The molecule has 172 valence electrons. The summed E-state index contributed by atoms with van der Waals surface area (Å²) in [4.78, 5) is 23.8. The second-order valence-corrected chi connectivity index (χ2v) is 9.04. The van der Waals surface area contributed by atoms with E-state index in [0.29, 0.717) is 27.3 Å². The van der Waals surface area contributed by atoms with Crippen molar-refractivity contribution in [2.45, 2.75) is 19.0 Å². The number of benzene rings is 3. The van der Waals surface area contributed by atoms with E-state index in [1.54, 1.807) is 24.3 Å². The third-order valence-corrected chi connectivity index (χ3v) is 6.40. The van der Waals surface area contributed by atoms with Crippen molar-refractivity contribution >= 4 is 40.9 Å². The molecule has 0 saturated heterocycles. The van der Waals surface area contributed by atoms with E-state index in [1.807, 2.05) is 54.8 Å². The minimum absolute atomic E-state index is 0.114. The van der Waals surface area contributed by atoms with E-state index in [0.717, 1.165) is 22.4 Å². The normalized spacial score (nSPS) is 10.8. The van der Waals surface area contributed by atoms with Crippen molar-refractivity contribution in [3.63, 3.8) is 0 Å². The summed E-state index contributed by atoms with van der Waals surface area (Å²) in [5.74, 6) is -0.0206. The fourth-order valence-electron chi connectivity index (χ4n) is 3.40. The largest absolute Gasteiger partial charge is 0.366 e. The molecule has 0 saturated carbocycles. The minimum Gasteiger partial charge on any atom is -0.366 e. The van der Waals surface area contributed by atoms with Crippen LogP contribution in [0, 0.1) is 13.8 Å². The maximum Gasteiger partial charge on any atom is 0.248 e. The van der Waals surface area contributed by atoms with Gasteiger partial charge in [0.2, 0.25) is 11.8 Å². The summed E-state index contributed by atoms with van der Waals surface area (Å²) in [7, 11) is 0. The average molecular weight is 492 g/mol. The summed E-state index contributed by atoms with van der Waals surface area (Å²) in [5, 5.41) is 12.7. The van der Waals surface area contributed by atoms with E-state index in [1.165, 1.54) is 11.8 Å². The average Bonchev–Trinajstić information content (AvgIpc) is 3.23. The Hall–Kier alpha value is -3.62. The van der Waals surface area contributed by atoms with E-state index in [4.69, 9.17) is 17.3 Å². The Morgan fingerprint density at radius 3 is 2.47 bits per heavy atom. The number of carbonyl (C=O) groups excluding carboxylic acids is 2. The number of hydrogen-bond acceptors (Lipinski definition) is 5. The van der Waals surface area contributed by atoms with Gasteiger partial charge in [-0.2, -0.15) is 0 Å². The monoisotopic (exact) mass is 491 g/mol. The highest BCUT2D eigenvalue weighted by Crippen LogP contribution is 2.33. The maximum atomic E-state index is 12.6. The lowest BCUT2D eigenvalue weighted by Gasteiger charge is -2.14. The van der Waals surface area contributed by atoms with Crippen molar-refractivity contribution < 1.29 is 9.59 Å². The first-order valence-electron chi connectivity index (χ1n) is 10.4. The molecule has 3 aromatic carbocycles. The second kappa shape index (κ2) is 10.1. The van der Waals surface area contributed by atoms with Crippen LogP contribution in [0.1, 0.15) is 21.5 Å². The third-order valence-electron chi connectivity index (χ3n) is 5.14. The highest BCUT2D eigenvalue weighted by Gasteiger charge is 2.20. The van der Waals surface area contributed by atoms with Crippen LogP contribution in [0.5, 0.6) is 0 Å². The number of nitrogens with two attached hydrogens (primary N) is 1. The molecular formula is C25H22ClN5O2S. The van der Waals surface area contributed by atoms with Gasteiger partial charge < -0.3 is 11.1 Å². The van der Waals surface area contributed by atoms with Gasteiger partial charge in [-0.3, -0.25) is 14.2 Å². The summed E-state index contributed by atoms with van der Waals surface area (Å²) >= 11 is 7.74. The predicted octanol–water partition coefficient (Wildman–Crippen LogP) is 5.03. The van der Waals surface area contributed by atoms with Gasteiger partial charge in [-0.15, -0.1) is 10.2 Å². The number of hydrogen-bond donors (Lipinski definition) is 2.